The fourth-order valence-corrected chi connectivity index (χ4v) is 2.98. The average Bonchev–Trinajstić information content (AvgIpc) is 3.31. The number of nitrogens with one attached hydrogen (secondary N) is 1. The van der Waals surface area contributed by atoms with Gasteiger partial charge in [-0.15, -0.1) is 0 Å². The first-order valence-electron chi connectivity index (χ1n) is 8.46. The molecule has 0 bridgehead atoms. The van der Waals surface area contributed by atoms with Crippen molar-refractivity contribution in [1.82, 2.24) is 10.2 Å². The topological polar surface area (TPSA) is 75.7 Å². The van der Waals surface area contributed by atoms with Crippen LogP contribution < -0.4 is 5.32 Å². The number of hydrogen-bond acceptors (Lipinski definition) is 4. The van der Waals surface area contributed by atoms with Gasteiger partial charge in [0, 0.05) is 30.6 Å². The first kappa shape index (κ1) is 17.7. The Balaban J connectivity index is 1.53. The third-order valence-electron chi connectivity index (χ3n) is 4.45. The van der Waals surface area contributed by atoms with E-state index in [2.05, 4.69) is 5.32 Å². The fourth-order valence-electron chi connectivity index (χ4n) is 2.79. The lowest BCUT2D eigenvalue weighted by Crippen LogP contribution is -2.38. The van der Waals surface area contributed by atoms with Crippen LogP contribution in [0.25, 0.3) is 0 Å². The minimum Gasteiger partial charge on any atom is -0.452 e. The third-order valence-corrected chi connectivity index (χ3v) is 4.82. The maximum Gasteiger partial charge on any atom is 0.312 e. The standard InChI is InChI=1S/C18H21ClN2O4/c1-11(17(23)20-14-6-7-14)25-18(24)13-8-16(22)21(10-13)9-12-4-2-3-5-15(12)19/h2-5,11,13-14H,6-10H2,1H3,(H,20,23)/t11-,13-/m0/s1. The smallest absolute Gasteiger partial charge is 0.312 e. The maximum atomic E-state index is 12.3. The van der Waals surface area contributed by atoms with Crippen molar-refractivity contribution >= 4 is 29.4 Å². The summed E-state index contributed by atoms with van der Waals surface area (Å²) in [7, 11) is 0. The highest BCUT2D eigenvalue weighted by atomic mass is 35.5. The summed E-state index contributed by atoms with van der Waals surface area (Å²) >= 11 is 6.13. The van der Waals surface area contributed by atoms with Crippen LogP contribution >= 0.6 is 11.6 Å². The second-order valence-electron chi connectivity index (χ2n) is 6.63. The van der Waals surface area contributed by atoms with Crippen LogP contribution in [-0.4, -0.2) is 41.4 Å². The van der Waals surface area contributed by atoms with Gasteiger partial charge in [-0.1, -0.05) is 29.8 Å². The summed E-state index contributed by atoms with van der Waals surface area (Å²) < 4.78 is 5.24. The van der Waals surface area contributed by atoms with Gasteiger partial charge in [-0.3, -0.25) is 14.4 Å². The van der Waals surface area contributed by atoms with Crippen molar-refractivity contribution in [1.29, 1.82) is 0 Å². The molecule has 3 rings (SSSR count). The van der Waals surface area contributed by atoms with Crippen molar-refractivity contribution in [2.75, 3.05) is 6.54 Å². The Kier molecular flexibility index (Phi) is 5.27. The summed E-state index contributed by atoms with van der Waals surface area (Å²) in [5, 5.41) is 3.39. The Morgan fingerprint density at radius 1 is 1.36 bits per heavy atom. The van der Waals surface area contributed by atoms with E-state index in [0.29, 0.717) is 11.6 Å². The zero-order chi connectivity index (χ0) is 18.0. The number of rotatable bonds is 6. The van der Waals surface area contributed by atoms with Crippen LogP contribution in [0.4, 0.5) is 0 Å². The van der Waals surface area contributed by atoms with Gasteiger partial charge in [0.25, 0.3) is 5.91 Å². The van der Waals surface area contributed by atoms with Crippen LogP contribution in [-0.2, 0) is 25.7 Å². The number of ether oxygens (including phenoxy) is 1. The molecular formula is C18H21ClN2O4. The lowest BCUT2D eigenvalue weighted by Gasteiger charge is -2.18. The molecule has 7 heteroatoms. The molecule has 2 amide bonds. The van der Waals surface area contributed by atoms with E-state index in [1.807, 2.05) is 18.2 Å². The molecule has 0 radical (unpaired) electrons. The number of benzene rings is 1. The van der Waals surface area contributed by atoms with Crippen LogP contribution in [0.5, 0.6) is 0 Å². The summed E-state index contributed by atoms with van der Waals surface area (Å²) in [6.07, 6.45) is 1.20. The molecule has 1 aliphatic carbocycles. The lowest BCUT2D eigenvalue weighted by atomic mass is 10.1. The Bertz CT molecular complexity index is 689. The molecule has 2 atom stereocenters. The van der Waals surface area contributed by atoms with E-state index < -0.39 is 18.0 Å². The summed E-state index contributed by atoms with van der Waals surface area (Å²) in [4.78, 5) is 37.9. The SMILES string of the molecule is C[C@H](OC(=O)[C@H]1CC(=O)N(Cc2ccccc2Cl)C1)C(=O)NC1CC1. The van der Waals surface area contributed by atoms with E-state index in [-0.39, 0.29) is 30.8 Å². The minimum absolute atomic E-state index is 0.0975. The van der Waals surface area contributed by atoms with Gasteiger partial charge in [-0.2, -0.15) is 0 Å². The molecule has 6 nitrogen and oxygen atoms in total. The number of carbonyl (C=O) groups excluding carboxylic acids is 3. The zero-order valence-electron chi connectivity index (χ0n) is 14.0. The molecule has 2 aliphatic rings. The molecule has 1 aromatic rings. The molecule has 25 heavy (non-hydrogen) atoms. The number of amides is 2. The van der Waals surface area contributed by atoms with E-state index in [0.717, 1.165) is 18.4 Å². The summed E-state index contributed by atoms with van der Waals surface area (Å²) in [6, 6.07) is 7.52. The first-order valence-corrected chi connectivity index (χ1v) is 8.84. The molecule has 1 aliphatic heterocycles. The molecule has 2 fully saturated rings. The molecule has 0 unspecified atom stereocenters. The average molecular weight is 365 g/mol. The highest BCUT2D eigenvalue weighted by Gasteiger charge is 2.37. The summed E-state index contributed by atoms with van der Waals surface area (Å²) in [5.74, 6) is -1.45. The van der Waals surface area contributed by atoms with Crippen LogP contribution in [0.2, 0.25) is 5.02 Å². The van der Waals surface area contributed by atoms with Gasteiger partial charge in [-0.25, -0.2) is 0 Å². The maximum absolute atomic E-state index is 12.3. The number of nitrogens with zero attached hydrogens (tertiary/aromatic N) is 1. The van der Waals surface area contributed by atoms with Gasteiger partial charge in [0.15, 0.2) is 6.10 Å². The van der Waals surface area contributed by atoms with E-state index in [1.165, 1.54) is 0 Å². The number of hydrogen-bond donors (Lipinski definition) is 1. The fraction of sp³-hybridized carbons (Fsp3) is 0.500. The largest absolute Gasteiger partial charge is 0.452 e. The molecule has 0 aromatic heterocycles. The predicted molar refractivity (Wildman–Crippen MR) is 91.7 cm³/mol. The monoisotopic (exact) mass is 364 g/mol. The molecule has 1 aromatic carbocycles. The highest BCUT2D eigenvalue weighted by Crippen LogP contribution is 2.25. The van der Waals surface area contributed by atoms with Gasteiger partial charge in [-0.05, 0) is 31.4 Å². The normalized spacial score (nSPS) is 21.1. The number of carbonyl (C=O) groups is 3. The van der Waals surface area contributed by atoms with Crippen LogP contribution in [0, 0.1) is 5.92 Å². The summed E-state index contributed by atoms with van der Waals surface area (Å²) in [6.45, 7) is 2.19. The van der Waals surface area contributed by atoms with Gasteiger partial charge >= 0.3 is 5.97 Å². The minimum atomic E-state index is -0.846. The second-order valence-corrected chi connectivity index (χ2v) is 7.04. The van der Waals surface area contributed by atoms with Gasteiger partial charge < -0.3 is 15.0 Å². The highest BCUT2D eigenvalue weighted by molar-refractivity contribution is 6.31. The van der Waals surface area contributed by atoms with Crippen molar-refractivity contribution < 1.29 is 19.1 Å². The van der Waals surface area contributed by atoms with Crippen LogP contribution in [0.15, 0.2) is 24.3 Å². The van der Waals surface area contributed by atoms with Gasteiger partial charge in [0.05, 0.1) is 5.92 Å². The van der Waals surface area contributed by atoms with Crippen molar-refractivity contribution in [2.24, 2.45) is 5.92 Å². The van der Waals surface area contributed by atoms with Crippen molar-refractivity contribution in [3.63, 3.8) is 0 Å². The van der Waals surface area contributed by atoms with Crippen molar-refractivity contribution in [3.05, 3.63) is 34.9 Å². The molecule has 1 saturated carbocycles. The van der Waals surface area contributed by atoms with E-state index in [4.69, 9.17) is 16.3 Å². The van der Waals surface area contributed by atoms with Gasteiger partial charge in [0.2, 0.25) is 5.91 Å². The number of likely N-dealkylation sites (tertiary alicyclic amines) is 1. The van der Waals surface area contributed by atoms with Gasteiger partial charge in [0.1, 0.15) is 0 Å². The van der Waals surface area contributed by atoms with Crippen LogP contribution in [0.3, 0.4) is 0 Å². The first-order chi connectivity index (χ1) is 11.9. The van der Waals surface area contributed by atoms with E-state index in [9.17, 15) is 14.4 Å². The molecule has 1 N–H and O–H groups in total. The Labute approximate surface area is 151 Å². The quantitative estimate of drug-likeness (QED) is 0.782. The Hall–Kier alpha value is -2.08. The zero-order valence-corrected chi connectivity index (χ0v) is 14.8. The molecule has 1 saturated heterocycles. The molecular weight excluding hydrogens is 344 g/mol. The molecule has 0 spiro atoms. The second kappa shape index (κ2) is 7.44. The Morgan fingerprint density at radius 3 is 2.76 bits per heavy atom. The molecule has 1 heterocycles. The van der Waals surface area contributed by atoms with E-state index in [1.54, 1.807) is 17.9 Å². The Morgan fingerprint density at radius 2 is 2.08 bits per heavy atom. The van der Waals surface area contributed by atoms with Crippen molar-refractivity contribution in [3.8, 4) is 0 Å². The predicted octanol–water partition coefficient (Wildman–Crippen LogP) is 1.90. The van der Waals surface area contributed by atoms with Crippen LogP contribution in [0.1, 0.15) is 31.7 Å². The number of halogens is 1. The van der Waals surface area contributed by atoms with Crippen molar-refractivity contribution in [2.45, 2.75) is 44.9 Å². The number of esters is 1. The lowest BCUT2D eigenvalue weighted by molar-refractivity contribution is -0.158. The molecule has 134 valence electrons. The summed E-state index contributed by atoms with van der Waals surface area (Å²) in [5.41, 5.74) is 0.837. The third kappa shape index (κ3) is 4.51. The van der Waals surface area contributed by atoms with E-state index >= 15 is 0 Å².